The maximum atomic E-state index is 12.6. The largest absolute Gasteiger partial charge is 0.299 e. The molecule has 1 heterocycles. The average Bonchev–Trinajstić information content (AvgIpc) is 2.64. The van der Waals surface area contributed by atoms with Crippen LogP contribution in [0.4, 0.5) is 5.69 Å². The van der Waals surface area contributed by atoms with Gasteiger partial charge in [-0.2, -0.15) is 0 Å². The summed E-state index contributed by atoms with van der Waals surface area (Å²) in [5, 5.41) is 11.1. The van der Waals surface area contributed by atoms with E-state index in [9.17, 15) is 18.5 Å². The minimum absolute atomic E-state index is 0. The first-order valence-corrected chi connectivity index (χ1v) is 10.4. The fourth-order valence-corrected chi connectivity index (χ4v) is 4.62. The maximum absolute atomic E-state index is 12.6. The molecular weight excluding hydrogens is 402 g/mol. The number of hydrogen-bond donors (Lipinski definition) is 1. The van der Waals surface area contributed by atoms with Crippen LogP contribution in [-0.2, 0) is 16.6 Å². The molecule has 28 heavy (non-hydrogen) atoms. The Morgan fingerprint density at radius 1 is 1.14 bits per heavy atom. The van der Waals surface area contributed by atoms with Crippen LogP contribution in [0.5, 0.6) is 0 Å². The van der Waals surface area contributed by atoms with Gasteiger partial charge in [-0.15, -0.1) is 12.4 Å². The van der Waals surface area contributed by atoms with Gasteiger partial charge in [0.1, 0.15) is 0 Å². The number of benzene rings is 2. The van der Waals surface area contributed by atoms with Crippen molar-refractivity contribution in [3.63, 3.8) is 0 Å². The zero-order valence-corrected chi connectivity index (χ0v) is 17.2. The van der Waals surface area contributed by atoms with Crippen molar-refractivity contribution in [2.75, 3.05) is 13.1 Å². The highest BCUT2D eigenvalue weighted by molar-refractivity contribution is 7.89. The Kier molecular flexibility index (Phi) is 7.54. The van der Waals surface area contributed by atoms with Crippen LogP contribution < -0.4 is 4.72 Å². The Morgan fingerprint density at radius 3 is 2.39 bits per heavy atom. The van der Waals surface area contributed by atoms with E-state index >= 15 is 0 Å². The Labute approximate surface area is 171 Å². The molecule has 0 saturated carbocycles. The second kappa shape index (κ2) is 9.47. The predicted octanol–water partition coefficient (Wildman–Crippen LogP) is 3.27. The molecule has 1 aliphatic rings. The second-order valence-corrected chi connectivity index (χ2v) is 8.58. The van der Waals surface area contributed by atoms with Crippen LogP contribution in [0.1, 0.15) is 24.0 Å². The number of nitrogens with one attached hydrogen (secondary N) is 1. The number of nitrogens with zero attached hydrogens (tertiary/aromatic N) is 2. The number of likely N-dealkylation sites (tertiary alicyclic amines) is 1. The first-order valence-electron chi connectivity index (χ1n) is 8.89. The highest BCUT2D eigenvalue weighted by Crippen LogP contribution is 2.23. The van der Waals surface area contributed by atoms with Gasteiger partial charge < -0.3 is 0 Å². The molecule has 2 aromatic carbocycles. The van der Waals surface area contributed by atoms with Crippen LogP contribution in [0.2, 0.25) is 0 Å². The number of halogens is 1. The highest BCUT2D eigenvalue weighted by atomic mass is 35.5. The van der Waals surface area contributed by atoms with Crippen LogP contribution >= 0.6 is 12.4 Å². The van der Waals surface area contributed by atoms with Crippen molar-refractivity contribution in [3.05, 3.63) is 69.8 Å². The van der Waals surface area contributed by atoms with Crippen molar-refractivity contribution in [1.29, 1.82) is 0 Å². The number of aryl methyl sites for hydroxylation is 1. The van der Waals surface area contributed by atoms with Crippen molar-refractivity contribution >= 4 is 28.1 Å². The molecule has 0 radical (unpaired) electrons. The van der Waals surface area contributed by atoms with Gasteiger partial charge in [0.15, 0.2) is 0 Å². The number of nitro groups is 1. The molecule has 1 saturated heterocycles. The van der Waals surface area contributed by atoms with E-state index in [1.807, 2.05) is 18.2 Å². The molecule has 1 fully saturated rings. The molecule has 0 unspecified atom stereocenters. The van der Waals surface area contributed by atoms with E-state index in [1.54, 1.807) is 6.92 Å². The normalized spacial score (nSPS) is 15.8. The molecule has 0 amide bonds. The van der Waals surface area contributed by atoms with Crippen LogP contribution in [0.25, 0.3) is 0 Å². The summed E-state index contributed by atoms with van der Waals surface area (Å²) in [7, 11) is -3.78. The van der Waals surface area contributed by atoms with Crippen molar-refractivity contribution in [1.82, 2.24) is 9.62 Å². The van der Waals surface area contributed by atoms with Gasteiger partial charge >= 0.3 is 0 Å². The van der Waals surface area contributed by atoms with E-state index in [0.717, 1.165) is 25.7 Å². The lowest BCUT2D eigenvalue weighted by atomic mass is 10.1. The van der Waals surface area contributed by atoms with Gasteiger partial charge in [0, 0.05) is 37.3 Å². The lowest BCUT2D eigenvalue weighted by Gasteiger charge is -2.32. The zero-order valence-electron chi connectivity index (χ0n) is 15.6. The van der Waals surface area contributed by atoms with Crippen LogP contribution in [-0.4, -0.2) is 37.4 Å². The van der Waals surface area contributed by atoms with Gasteiger partial charge in [-0.1, -0.05) is 36.4 Å². The summed E-state index contributed by atoms with van der Waals surface area (Å²) in [5.41, 5.74) is 1.49. The maximum Gasteiger partial charge on any atom is 0.273 e. The van der Waals surface area contributed by atoms with Gasteiger partial charge in [0.05, 0.1) is 9.82 Å². The second-order valence-electron chi connectivity index (χ2n) is 6.86. The van der Waals surface area contributed by atoms with Crippen LogP contribution in [0.3, 0.4) is 0 Å². The lowest BCUT2D eigenvalue weighted by molar-refractivity contribution is -0.385. The molecule has 2 aromatic rings. The van der Waals surface area contributed by atoms with Crippen molar-refractivity contribution in [3.8, 4) is 0 Å². The van der Waals surface area contributed by atoms with Crippen LogP contribution in [0, 0.1) is 17.0 Å². The average molecular weight is 426 g/mol. The fraction of sp³-hybridized carbons (Fsp3) is 0.368. The summed E-state index contributed by atoms with van der Waals surface area (Å²) in [6.07, 6.45) is 1.42. The molecule has 1 aliphatic heterocycles. The van der Waals surface area contributed by atoms with E-state index in [2.05, 4.69) is 21.8 Å². The molecule has 9 heteroatoms. The molecule has 0 aromatic heterocycles. The van der Waals surface area contributed by atoms with E-state index in [0.29, 0.717) is 18.4 Å². The monoisotopic (exact) mass is 425 g/mol. The number of sulfonamides is 1. The summed E-state index contributed by atoms with van der Waals surface area (Å²) in [4.78, 5) is 12.7. The lowest BCUT2D eigenvalue weighted by Crippen LogP contribution is -2.44. The summed E-state index contributed by atoms with van der Waals surface area (Å²) in [5.74, 6) is 0. The van der Waals surface area contributed by atoms with E-state index < -0.39 is 14.9 Å². The van der Waals surface area contributed by atoms with Gasteiger partial charge in [0.2, 0.25) is 10.0 Å². The Hall–Kier alpha value is -2.00. The fourth-order valence-electron chi connectivity index (χ4n) is 3.29. The first-order chi connectivity index (χ1) is 12.8. The third kappa shape index (κ3) is 5.51. The summed E-state index contributed by atoms with van der Waals surface area (Å²) >= 11 is 0. The number of rotatable bonds is 6. The molecular formula is C19H24ClN3O4S. The van der Waals surface area contributed by atoms with E-state index in [4.69, 9.17) is 0 Å². The van der Waals surface area contributed by atoms with E-state index in [-0.39, 0.29) is 29.0 Å². The Bertz CT molecular complexity index is 914. The summed E-state index contributed by atoms with van der Waals surface area (Å²) in [6, 6.07) is 14.0. The summed E-state index contributed by atoms with van der Waals surface area (Å²) in [6.45, 7) is 4.04. The van der Waals surface area contributed by atoms with Crippen molar-refractivity contribution in [2.24, 2.45) is 0 Å². The minimum atomic E-state index is -3.78. The smallest absolute Gasteiger partial charge is 0.273 e. The topological polar surface area (TPSA) is 92.6 Å². The third-order valence-corrected chi connectivity index (χ3v) is 6.36. The molecule has 0 bridgehead atoms. The van der Waals surface area contributed by atoms with E-state index in [1.165, 1.54) is 17.7 Å². The molecule has 7 nitrogen and oxygen atoms in total. The zero-order chi connectivity index (χ0) is 19.4. The van der Waals surface area contributed by atoms with Crippen molar-refractivity contribution < 1.29 is 13.3 Å². The molecule has 152 valence electrons. The predicted molar refractivity (Wildman–Crippen MR) is 110 cm³/mol. The molecule has 1 N–H and O–H groups in total. The number of nitro benzene ring substituents is 1. The molecule has 3 rings (SSSR count). The Morgan fingerprint density at radius 2 is 1.79 bits per heavy atom. The Balaban J connectivity index is 0.00000280. The van der Waals surface area contributed by atoms with Gasteiger partial charge in [0.25, 0.3) is 5.69 Å². The molecule has 0 atom stereocenters. The molecule has 0 spiro atoms. The van der Waals surface area contributed by atoms with Crippen LogP contribution in [0.15, 0.2) is 53.4 Å². The van der Waals surface area contributed by atoms with Crippen molar-refractivity contribution in [2.45, 2.75) is 37.2 Å². The number of hydrogen-bond acceptors (Lipinski definition) is 5. The van der Waals surface area contributed by atoms with Gasteiger partial charge in [-0.3, -0.25) is 15.0 Å². The third-order valence-electron chi connectivity index (χ3n) is 4.85. The quantitative estimate of drug-likeness (QED) is 0.566. The molecule has 0 aliphatic carbocycles. The standard InChI is InChI=1S/C19H23N3O4S.ClH/c1-15-7-8-18(13-19(15)22(23)24)27(25,26)20-17-9-11-21(12-10-17)14-16-5-3-2-4-6-16;/h2-8,13,17,20H,9-12,14H2,1H3;1H. The van der Waals surface area contributed by atoms with Gasteiger partial charge in [-0.05, 0) is 31.4 Å². The highest BCUT2D eigenvalue weighted by Gasteiger charge is 2.26. The number of piperidine rings is 1. The summed E-state index contributed by atoms with van der Waals surface area (Å²) < 4.78 is 27.9. The SMILES string of the molecule is Cc1ccc(S(=O)(=O)NC2CCN(Cc3ccccc3)CC2)cc1[N+](=O)[O-].Cl. The first kappa shape index (κ1) is 22.3. The van der Waals surface area contributed by atoms with Gasteiger partial charge in [-0.25, -0.2) is 13.1 Å². The minimum Gasteiger partial charge on any atom is -0.299 e.